The first-order chi connectivity index (χ1) is 7.77. The Bertz CT molecular complexity index is 463. The molecule has 3 heteroatoms. The second kappa shape index (κ2) is 5.03. The monoisotopic (exact) mass is 231 g/mol. The lowest BCUT2D eigenvalue weighted by molar-refractivity contribution is 0.0999. The van der Waals surface area contributed by atoms with Crippen molar-refractivity contribution in [2.45, 2.75) is 6.42 Å². The van der Waals surface area contributed by atoms with E-state index in [1.807, 2.05) is 24.3 Å². The van der Waals surface area contributed by atoms with Crippen molar-refractivity contribution in [1.82, 2.24) is 0 Å². The van der Waals surface area contributed by atoms with Gasteiger partial charge in [0.2, 0.25) is 5.91 Å². The second-order valence-electron chi connectivity index (χ2n) is 3.66. The van der Waals surface area contributed by atoms with Crippen molar-refractivity contribution in [2.24, 2.45) is 5.73 Å². The Balaban J connectivity index is 2.23. The van der Waals surface area contributed by atoms with Gasteiger partial charge in [0.15, 0.2) is 0 Å². The van der Waals surface area contributed by atoms with E-state index in [4.69, 9.17) is 5.73 Å². The molecular formula is C13H13NOS. The van der Waals surface area contributed by atoms with E-state index in [2.05, 4.69) is 11.5 Å². The van der Waals surface area contributed by atoms with Crippen LogP contribution in [0.1, 0.15) is 15.9 Å². The number of rotatable bonds is 3. The summed E-state index contributed by atoms with van der Waals surface area (Å²) in [6.07, 6.45) is 4.95. The topological polar surface area (TPSA) is 43.1 Å². The van der Waals surface area contributed by atoms with Crippen LogP contribution in [-0.2, 0) is 6.42 Å². The summed E-state index contributed by atoms with van der Waals surface area (Å²) in [5.74, 6) is 0.638. The predicted octanol–water partition coefficient (Wildman–Crippen LogP) is 2.51. The number of amides is 1. The van der Waals surface area contributed by atoms with Crippen LogP contribution in [0.25, 0.3) is 0 Å². The number of hydrogen-bond donors (Lipinski definition) is 1. The molecule has 0 aliphatic carbocycles. The zero-order valence-corrected chi connectivity index (χ0v) is 9.67. The van der Waals surface area contributed by atoms with E-state index < -0.39 is 0 Å². The van der Waals surface area contributed by atoms with E-state index in [1.54, 1.807) is 17.8 Å². The molecule has 0 fully saturated rings. The molecule has 0 atom stereocenters. The number of carbonyl (C=O) groups excluding carboxylic acids is 1. The van der Waals surface area contributed by atoms with Crippen molar-refractivity contribution in [3.8, 4) is 0 Å². The number of carbonyl (C=O) groups is 1. The Kier molecular flexibility index (Phi) is 3.47. The largest absolute Gasteiger partial charge is 0.366 e. The van der Waals surface area contributed by atoms with Crippen LogP contribution in [0.4, 0.5) is 0 Å². The summed E-state index contributed by atoms with van der Waals surface area (Å²) >= 11 is 1.77. The molecule has 1 aromatic rings. The van der Waals surface area contributed by atoms with Crippen LogP contribution in [0.3, 0.4) is 0 Å². The molecule has 1 amide bonds. The maximum absolute atomic E-state index is 11.2. The average molecular weight is 231 g/mol. The number of nitrogens with two attached hydrogens (primary N) is 1. The van der Waals surface area contributed by atoms with Gasteiger partial charge in [-0.2, -0.15) is 0 Å². The summed E-state index contributed by atoms with van der Waals surface area (Å²) in [4.78, 5) is 11.2. The van der Waals surface area contributed by atoms with Gasteiger partial charge in [0.1, 0.15) is 0 Å². The molecule has 1 heterocycles. The lowest BCUT2D eigenvalue weighted by Gasteiger charge is -2.10. The molecule has 2 rings (SSSR count). The van der Waals surface area contributed by atoms with Gasteiger partial charge in [0, 0.05) is 11.3 Å². The summed E-state index contributed by atoms with van der Waals surface area (Å²) in [5, 5.41) is 2.07. The molecule has 2 N–H and O–H groups in total. The Morgan fingerprint density at radius 2 is 2.19 bits per heavy atom. The van der Waals surface area contributed by atoms with E-state index in [1.165, 1.54) is 5.57 Å². The summed E-state index contributed by atoms with van der Waals surface area (Å²) < 4.78 is 0. The molecule has 1 aliphatic rings. The summed E-state index contributed by atoms with van der Waals surface area (Å²) in [6, 6.07) is 7.52. The van der Waals surface area contributed by atoms with Gasteiger partial charge < -0.3 is 5.73 Å². The molecule has 0 radical (unpaired) electrons. The molecule has 1 aromatic carbocycles. The molecule has 0 bridgehead atoms. The molecule has 2 nitrogen and oxygen atoms in total. The Morgan fingerprint density at radius 3 is 2.88 bits per heavy atom. The third-order valence-electron chi connectivity index (χ3n) is 2.48. The van der Waals surface area contributed by atoms with Gasteiger partial charge >= 0.3 is 0 Å². The van der Waals surface area contributed by atoms with E-state index in [9.17, 15) is 4.79 Å². The zero-order valence-electron chi connectivity index (χ0n) is 8.85. The molecule has 0 unspecified atom stereocenters. The van der Waals surface area contributed by atoms with Crippen LogP contribution in [0.5, 0.6) is 0 Å². The molecule has 0 aromatic heterocycles. The van der Waals surface area contributed by atoms with Gasteiger partial charge in [0.25, 0.3) is 0 Å². The first kappa shape index (κ1) is 11.0. The zero-order chi connectivity index (χ0) is 11.4. The standard InChI is InChI=1S/C13H13NOS/c14-13(15)12-6-2-1-5-11(12)8-10-4-3-7-16-9-10/h1-7H,8-9H2,(H2,14,15). The van der Waals surface area contributed by atoms with Gasteiger partial charge in [-0.05, 0) is 23.5 Å². The lowest BCUT2D eigenvalue weighted by atomic mass is 10.00. The number of hydrogen-bond acceptors (Lipinski definition) is 2. The first-order valence-corrected chi connectivity index (χ1v) is 6.16. The minimum Gasteiger partial charge on any atom is -0.366 e. The van der Waals surface area contributed by atoms with Crippen LogP contribution in [-0.4, -0.2) is 11.7 Å². The highest BCUT2D eigenvalue weighted by Gasteiger charge is 2.09. The Hall–Kier alpha value is -1.48. The van der Waals surface area contributed by atoms with E-state index in [0.717, 1.165) is 17.7 Å². The van der Waals surface area contributed by atoms with E-state index in [-0.39, 0.29) is 5.91 Å². The summed E-state index contributed by atoms with van der Waals surface area (Å²) in [6.45, 7) is 0. The molecule has 0 spiro atoms. The van der Waals surface area contributed by atoms with Crippen LogP contribution >= 0.6 is 11.8 Å². The Labute approximate surface area is 99.2 Å². The number of benzene rings is 1. The maximum Gasteiger partial charge on any atom is 0.248 e. The van der Waals surface area contributed by atoms with Gasteiger partial charge in [-0.1, -0.05) is 35.9 Å². The number of allylic oxidation sites excluding steroid dienone is 2. The van der Waals surface area contributed by atoms with Gasteiger partial charge in [-0.25, -0.2) is 0 Å². The normalized spacial score (nSPS) is 14.6. The molecule has 82 valence electrons. The lowest BCUT2D eigenvalue weighted by Crippen LogP contribution is -2.14. The van der Waals surface area contributed by atoms with Crippen molar-refractivity contribution >= 4 is 17.7 Å². The first-order valence-electron chi connectivity index (χ1n) is 5.11. The van der Waals surface area contributed by atoms with Crippen molar-refractivity contribution in [3.05, 3.63) is 58.5 Å². The minimum atomic E-state index is -0.352. The highest BCUT2D eigenvalue weighted by Crippen LogP contribution is 2.20. The highest BCUT2D eigenvalue weighted by molar-refractivity contribution is 8.02. The highest BCUT2D eigenvalue weighted by atomic mass is 32.2. The fourth-order valence-electron chi connectivity index (χ4n) is 1.70. The third-order valence-corrected chi connectivity index (χ3v) is 3.36. The molecular weight excluding hydrogens is 218 g/mol. The van der Waals surface area contributed by atoms with Crippen LogP contribution < -0.4 is 5.73 Å². The third kappa shape index (κ3) is 2.55. The average Bonchev–Trinajstić information content (AvgIpc) is 2.31. The smallest absolute Gasteiger partial charge is 0.248 e. The molecule has 1 aliphatic heterocycles. The molecule has 0 saturated carbocycles. The quantitative estimate of drug-likeness (QED) is 0.868. The minimum absolute atomic E-state index is 0.352. The number of primary amides is 1. The SMILES string of the molecule is NC(=O)c1ccccc1CC1=CC=CSC1. The predicted molar refractivity (Wildman–Crippen MR) is 68.3 cm³/mol. The number of thioether (sulfide) groups is 1. The van der Waals surface area contributed by atoms with Gasteiger partial charge in [-0.3, -0.25) is 4.79 Å². The van der Waals surface area contributed by atoms with Crippen LogP contribution in [0.15, 0.2) is 47.4 Å². The fraction of sp³-hybridized carbons (Fsp3) is 0.154. The van der Waals surface area contributed by atoms with Gasteiger partial charge in [-0.15, -0.1) is 11.8 Å². The van der Waals surface area contributed by atoms with E-state index in [0.29, 0.717) is 5.56 Å². The van der Waals surface area contributed by atoms with E-state index >= 15 is 0 Å². The Morgan fingerprint density at radius 1 is 1.38 bits per heavy atom. The molecule has 0 saturated heterocycles. The van der Waals surface area contributed by atoms with Gasteiger partial charge in [0.05, 0.1) is 0 Å². The van der Waals surface area contributed by atoms with Crippen molar-refractivity contribution < 1.29 is 4.79 Å². The summed E-state index contributed by atoms with van der Waals surface area (Å²) in [5.41, 5.74) is 8.30. The van der Waals surface area contributed by atoms with Crippen LogP contribution in [0.2, 0.25) is 0 Å². The summed E-state index contributed by atoms with van der Waals surface area (Å²) in [7, 11) is 0. The van der Waals surface area contributed by atoms with Crippen molar-refractivity contribution in [1.29, 1.82) is 0 Å². The van der Waals surface area contributed by atoms with Crippen LogP contribution in [0, 0.1) is 0 Å². The van der Waals surface area contributed by atoms with Crippen molar-refractivity contribution in [2.75, 3.05) is 5.75 Å². The maximum atomic E-state index is 11.2. The molecule has 16 heavy (non-hydrogen) atoms. The fourth-order valence-corrected chi connectivity index (χ4v) is 2.40. The van der Waals surface area contributed by atoms with Crippen molar-refractivity contribution in [3.63, 3.8) is 0 Å². The second-order valence-corrected chi connectivity index (χ2v) is 4.56.